The molecule has 0 bridgehead atoms. The summed E-state index contributed by atoms with van der Waals surface area (Å²) in [4.78, 5) is 42.5. The van der Waals surface area contributed by atoms with Crippen molar-refractivity contribution in [2.75, 3.05) is 92.7 Å². The van der Waals surface area contributed by atoms with Gasteiger partial charge in [-0.15, -0.1) is 11.8 Å². The summed E-state index contributed by atoms with van der Waals surface area (Å²) in [5, 5.41) is 5.56. The fraction of sp³-hybridized carbons (Fsp3) is 0.397. The SMILES string of the molecule is [2H]C1([2H])N(CC[C@H](CSc2ccccc2)Nc2ccc(S(=O)(=O)NC(=O)c3ccc(N4CCN(CC5=C(c6ccc(Cl)cc6)CCC(C)(C)C5)CC4)cc3)cc2S(=O)(=O)C(F)(F)F)C([2H])([2H])C([2H])([2H])N(Cc2cccc(N3CCC(=O)NC3=O)c2)C1([2H])[2H]. The predicted octanol–water partition coefficient (Wildman–Crippen LogP) is 9.77. The molecule has 15 nitrogen and oxygen atoms in total. The molecule has 0 radical (unpaired) electrons. The third-order valence-electron chi connectivity index (χ3n) is 14.2. The summed E-state index contributed by atoms with van der Waals surface area (Å²) in [6, 6.07) is 28.0. The van der Waals surface area contributed by atoms with E-state index < -0.39 is 110 Å². The number of allylic oxidation sites excluding steroid dienone is 1. The van der Waals surface area contributed by atoms with Crippen LogP contribution in [0.4, 0.5) is 35.0 Å². The van der Waals surface area contributed by atoms with Gasteiger partial charge < -0.3 is 15.1 Å². The molecule has 4 aliphatic rings. The zero-order chi connectivity index (χ0) is 64.0. The maximum atomic E-state index is 14.6. The molecule has 3 N–H and O–H groups in total. The largest absolute Gasteiger partial charge is 0.501 e. The molecule has 0 saturated carbocycles. The highest BCUT2D eigenvalue weighted by molar-refractivity contribution is 7.99. The van der Waals surface area contributed by atoms with E-state index in [2.05, 4.69) is 46.4 Å². The fourth-order valence-electron chi connectivity index (χ4n) is 9.92. The van der Waals surface area contributed by atoms with E-state index in [0.29, 0.717) is 32.8 Å². The van der Waals surface area contributed by atoms with Crippen molar-refractivity contribution >= 4 is 83.7 Å². The number of nitrogens with zero attached hydrogens (tertiary/aromatic N) is 5. The molecular formula is C58H66ClF3N8O7S3. The van der Waals surface area contributed by atoms with E-state index in [4.69, 9.17) is 22.6 Å². The number of halogens is 4. The molecule has 3 fully saturated rings. The number of imide groups is 1. The van der Waals surface area contributed by atoms with Gasteiger partial charge in [0.15, 0.2) is 0 Å². The van der Waals surface area contributed by atoms with Crippen molar-refractivity contribution in [1.29, 1.82) is 0 Å². The zero-order valence-electron chi connectivity index (χ0n) is 51.9. The van der Waals surface area contributed by atoms with Crippen molar-refractivity contribution in [3.63, 3.8) is 0 Å². The smallest absolute Gasteiger partial charge is 0.380 e. The minimum Gasteiger partial charge on any atom is -0.380 e. The standard InChI is InChI=1S/C58H66ClF3N8O7S3/c1-57(2)24-21-51(42-11-15-45(59)16-12-42)44(37-57)39-68-31-33-69(34-32-68)47-17-13-43(14-18-47)55(72)65-80(76,77)50-19-20-52(53(36-50)79(74,75)58(60,61)62)63-46(40-78-49-9-4-3-5-10-49)22-25-66-27-29-67(30-28-66)38-41-7-6-8-48(35-41)70-26-23-54(71)64-56(70)73/h3-20,35-36,46,63H,21-34,37-40H2,1-2H3,(H,65,72)(H,64,71,73)/t46-/m1/s1/i27D2,28D2,29D2,30D2. The number of benzene rings is 5. The Kier molecular flexibility index (Phi) is 15.3. The van der Waals surface area contributed by atoms with Gasteiger partial charge >= 0.3 is 11.5 Å². The second-order valence-electron chi connectivity index (χ2n) is 20.6. The number of urea groups is 1. The van der Waals surface area contributed by atoms with Crippen LogP contribution in [0.15, 0.2) is 142 Å². The highest BCUT2D eigenvalue weighted by Gasteiger charge is 2.48. The number of hydrogen-bond donors (Lipinski definition) is 3. The monoisotopic (exact) mass is 1180 g/mol. The molecule has 1 aliphatic carbocycles. The maximum Gasteiger partial charge on any atom is 0.501 e. The first kappa shape index (κ1) is 48.7. The molecule has 1 atom stereocenters. The summed E-state index contributed by atoms with van der Waals surface area (Å²) in [6.07, 6.45) is 2.47. The Labute approximate surface area is 487 Å². The third-order valence-corrected chi connectivity index (χ3v) is 18.5. The number of nitrogens with one attached hydrogen (secondary N) is 3. The van der Waals surface area contributed by atoms with Gasteiger partial charge in [-0.05, 0) is 127 Å². The normalized spacial score (nSPS) is 22.5. The summed E-state index contributed by atoms with van der Waals surface area (Å²) in [7, 11) is -11.5. The van der Waals surface area contributed by atoms with Gasteiger partial charge in [-0.1, -0.05) is 73.5 Å². The van der Waals surface area contributed by atoms with Crippen molar-refractivity contribution < 1.29 is 55.4 Å². The number of sulfone groups is 1. The number of thioether (sulfide) groups is 1. The van der Waals surface area contributed by atoms with E-state index in [-0.39, 0.29) is 47.0 Å². The molecule has 426 valence electrons. The highest BCUT2D eigenvalue weighted by Crippen LogP contribution is 2.43. The third kappa shape index (κ3) is 14.8. The van der Waals surface area contributed by atoms with Gasteiger partial charge in [-0.25, -0.2) is 26.4 Å². The Hall–Kier alpha value is -5.94. The van der Waals surface area contributed by atoms with Gasteiger partial charge in [0.05, 0.1) is 10.6 Å². The Bertz CT molecular complexity index is 3680. The highest BCUT2D eigenvalue weighted by atomic mass is 35.5. The number of rotatable bonds is 19. The van der Waals surface area contributed by atoms with Crippen molar-refractivity contribution in [2.45, 2.75) is 78.7 Å². The van der Waals surface area contributed by atoms with Gasteiger partial charge in [0.25, 0.3) is 25.8 Å². The Morgan fingerprint density at radius 2 is 1.49 bits per heavy atom. The van der Waals surface area contributed by atoms with Gasteiger partial charge in [0, 0.05) is 134 Å². The van der Waals surface area contributed by atoms with Crippen LogP contribution in [0.3, 0.4) is 0 Å². The number of sulfonamides is 1. The molecule has 0 spiro atoms. The molecule has 3 heterocycles. The summed E-state index contributed by atoms with van der Waals surface area (Å²) in [5.74, 6) is -1.82. The number of amides is 4. The molecule has 9 rings (SSSR count). The van der Waals surface area contributed by atoms with E-state index in [1.54, 1.807) is 42.5 Å². The first-order valence-corrected chi connectivity index (χ1v) is 30.2. The summed E-state index contributed by atoms with van der Waals surface area (Å²) >= 11 is 7.30. The second kappa shape index (κ2) is 25.1. The van der Waals surface area contributed by atoms with E-state index in [9.17, 15) is 44.4 Å². The van der Waals surface area contributed by atoms with Gasteiger partial charge in [0.2, 0.25) is 5.91 Å². The lowest BCUT2D eigenvalue weighted by Gasteiger charge is -2.39. The number of carbonyl (C=O) groups is 3. The minimum absolute atomic E-state index is 0.00489. The number of anilines is 3. The molecule has 0 aromatic heterocycles. The van der Waals surface area contributed by atoms with E-state index in [1.807, 2.05) is 16.9 Å². The van der Waals surface area contributed by atoms with E-state index in [1.165, 1.54) is 58.0 Å². The Morgan fingerprint density at radius 1 is 0.787 bits per heavy atom. The predicted molar refractivity (Wildman–Crippen MR) is 308 cm³/mol. The van der Waals surface area contributed by atoms with Crippen LogP contribution >= 0.6 is 23.4 Å². The van der Waals surface area contributed by atoms with Gasteiger partial charge in [-0.3, -0.25) is 29.6 Å². The molecule has 5 aromatic carbocycles. The topological polar surface area (TPSA) is 172 Å². The average Bonchev–Trinajstić information content (AvgIpc) is 0.750. The van der Waals surface area contributed by atoms with Crippen LogP contribution in [0.5, 0.6) is 0 Å². The zero-order valence-corrected chi connectivity index (χ0v) is 47.1. The fourth-order valence-corrected chi connectivity index (χ4v) is 13.1. The maximum absolute atomic E-state index is 14.6. The second-order valence-corrected chi connectivity index (χ2v) is 25.8. The van der Waals surface area contributed by atoms with Crippen LogP contribution in [0.1, 0.15) is 78.4 Å². The van der Waals surface area contributed by atoms with Crippen LogP contribution in [0, 0.1) is 5.41 Å². The summed E-state index contributed by atoms with van der Waals surface area (Å²) in [5.41, 5.74) is -1.69. The lowest BCUT2D eigenvalue weighted by molar-refractivity contribution is -0.120. The summed E-state index contributed by atoms with van der Waals surface area (Å²) in [6.45, 7) is -6.80. The van der Waals surface area contributed by atoms with Crippen molar-refractivity contribution in [1.82, 2.24) is 24.7 Å². The van der Waals surface area contributed by atoms with E-state index in [0.717, 1.165) is 68.5 Å². The number of piperazine rings is 2. The van der Waals surface area contributed by atoms with E-state index >= 15 is 0 Å². The quantitative estimate of drug-likeness (QED) is 0.0668. The number of alkyl halides is 3. The van der Waals surface area contributed by atoms with Crippen LogP contribution in [-0.4, -0.2) is 138 Å². The van der Waals surface area contributed by atoms with Gasteiger partial charge in [-0.2, -0.15) is 13.2 Å². The molecule has 80 heavy (non-hydrogen) atoms. The van der Waals surface area contributed by atoms with Crippen LogP contribution in [0.2, 0.25) is 5.02 Å². The first-order valence-electron chi connectivity index (χ1n) is 29.9. The van der Waals surface area contributed by atoms with Crippen molar-refractivity contribution in [3.8, 4) is 0 Å². The molecule has 3 saturated heterocycles. The lowest BCUT2D eigenvalue weighted by Crippen LogP contribution is -2.49. The minimum atomic E-state index is -6.41. The number of hydrogen-bond acceptors (Lipinski definition) is 13. The van der Waals surface area contributed by atoms with Gasteiger partial charge in [0.1, 0.15) is 4.90 Å². The Morgan fingerprint density at radius 3 is 2.17 bits per heavy atom. The molecule has 5 aromatic rings. The Balaban J connectivity index is 0.908. The van der Waals surface area contributed by atoms with Crippen LogP contribution in [-0.2, 0) is 31.2 Å². The van der Waals surface area contributed by atoms with Crippen LogP contribution in [0.25, 0.3) is 5.57 Å². The van der Waals surface area contributed by atoms with Crippen LogP contribution < -0.4 is 25.2 Å². The van der Waals surface area contributed by atoms with Crippen molar-refractivity contribution in [3.05, 3.63) is 149 Å². The lowest BCUT2D eigenvalue weighted by atomic mass is 9.73. The first-order chi connectivity index (χ1) is 41.1. The molecule has 0 unspecified atom stereocenters. The average molecular weight is 1180 g/mol. The molecule has 22 heteroatoms. The molecule has 3 aliphatic heterocycles. The number of carbonyl (C=O) groups excluding carboxylic acids is 3. The molecular weight excluding hydrogens is 1110 g/mol. The van der Waals surface area contributed by atoms with Crippen molar-refractivity contribution in [2.24, 2.45) is 5.41 Å². The summed E-state index contributed by atoms with van der Waals surface area (Å²) < 4.78 is 173. The molecule has 4 amide bonds.